The van der Waals surface area contributed by atoms with E-state index >= 15 is 0 Å². The van der Waals surface area contributed by atoms with E-state index in [0.29, 0.717) is 18.5 Å². The van der Waals surface area contributed by atoms with Crippen LogP contribution in [0, 0.1) is 0 Å². The molecular formula is C26H28N2O4. The molecule has 6 heteroatoms. The van der Waals surface area contributed by atoms with Gasteiger partial charge < -0.3 is 19.6 Å². The van der Waals surface area contributed by atoms with Gasteiger partial charge in [-0.3, -0.25) is 9.59 Å². The van der Waals surface area contributed by atoms with Gasteiger partial charge in [0.25, 0.3) is 11.7 Å². The number of ether oxygens (including phenoxy) is 1. The van der Waals surface area contributed by atoms with Crippen LogP contribution in [0.2, 0.25) is 0 Å². The topological polar surface area (TPSA) is 70.1 Å². The van der Waals surface area contributed by atoms with E-state index in [1.54, 1.807) is 29.2 Å². The summed E-state index contributed by atoms with van der Waals surface area (Å²) >= 11 is 0. The zero-order chi connectivity index (χ0) is 22.8. The summed E-state index contributed by atoms with van der Waals surface area (Å²) in [6.45, 7) is 3.09. The smallest absolute Gasteiger partial charge is 0.295 e. The lowest BCUT2D eigenvalue weighted by atomic mass is 9.89. The van der Waals surface area contributed by atoms with Gasteiger partial charge in [0.2, 0.25) is 0 Å². The number of hydrogen-bond donors (Lipinski definition) is 1. The van der Waals surface area contributed by atoms with Gasteiger partial charge in [-0.1, -0.05) is 48.5 Å². The first-order chi connectivity index (χ1) is 15.4. The van der Waals surface area contributed by atoms with Crippen LogP contribution < -0.4 is 4.74 Å². The number of carbonyl (C=O) groups excluding carboxylic acids is 2. The van der Waals surface area contributed by atoms with Crippen LogP contribution in [0.4, 0.5) is 0 Å². The van der Waals surface area contributed by atoms with E-state index in [9.17, 15) is 14.7 Å². The maximum absolute atomic E-state index is 13.1. The Bertz CT molecular complexity index is 1090. The number of hydrogen-bond acceptors (Lipinski definition) is 5. The molecule has 2 heterocycles. The summed E-state index contributed by atoms with van der Waals surface area (Å²) in [6, 6.07) is 15.9. The summed E-state index contributed by atoms with van der Waals surface area (Å²) in [6.07, 6.45) is 2.33. The molecule has 2 atom stereocenters. The molecule has 6 nitrogen and oxygen atoms in total. The second kappa shape index (κ2) is 9.01. The van der Waals surface area contributed by atoms with E-state index in [0.717, 1.165) is 23.4 Å². The average Bonchev–Trinajstić information content (AvgIpc) is 3.03. The summed E-state index contributed by atoms with van der Waals surface area (Å²) in [7, 11) is 3.94. The molecule has 2 aliphatic rings. The van der Waals surface area contributed by atoms with Gasteiger partial charge in [-0.25, -0.2) is 0 Å². The zero-order valence-electron chi connectivity index (χ0n) is 18.6. The van der Waals surface area contributed by atoms with E-state index in [1.807, 2.05) is 62.3 Å². The molecule has 0 spiro atoms. The lowest BCUT2D eigenvalue weighted by molar-refractivity contribution is -0.139. The fourth-order valence-electron chi connectivity index (χ4n) is 4.33. The van der Waals surface area contributed by atoms with Crippen LogP contribution in [-0.4, -0.2) is 65.9 Å². The second-order valence-corrected chi connectivity index (χ2v) is 8.46. The van der Waals surface area contributed by atoms with Gasteiger partial charge in [0, 0.05) is 17.7 Å². The molecule has 0 aromatic heterocycles. The van der Waals surface area contributed by atoms with Crippen LogP contribution in [-0.2, 0) is 9.59 Å². The number of carbonyl (C=O) groups is 2. The number of amides is 1. The highest BCUT2D eigenvalue weighted by Crippen LogP contribution is 2.39. The molecule has 0 bridgehead atoms. The molecule has 166 valence electrons. The number of aliphatic hydroxyl groups is 1. The first-order valence-corrected chi connectivity index (χ1v) is 10.8. The largest absolute Gasteiger partial charge is 0.507 e. The molecule has 1 N–H and O–H groups in total. The molecule has 1 amide bonds. The van der Waals surface area contributed by atoms with Gasteiger partial charge in [-0.2, -0.15) is 0 Å². The van der Waals surface area contributed by atoms with Crippen LogP contribution in [0.3, 0.4) is 0 Å². The van der Waals surface area contributed by atoms with Gasteiger partial charge in [-0.05, 0) is 51.7 Å². The first-order valence-electron chi connectivity index (χ1n) is 10.8. The minimum Gasteiger partial charge on any atom is -0.507 e. The van der Waals surface area contributed by atoms with Crippen LogP contribution in [0.25, 0.3) is 11.8 Å². The monoisotopic (exact) mass is 432 g/mol. The summed E-state index contributed by atoms with van der Waals surface area (Å²) in [4.78, 5) is 29.8. The van der Waals surface area contributed by atoms with Crippen molar-refractivity contribution >= 4 is 23.5 Å². The van der Waals surface area contributed by atoms with E-state index in [2.05, 4.69) is 0 Å². The molecule has 4 rings (SSSR count). The second-order valence-electron chi connectivity index (χ2n) is 8.46. The van der Waals surface area contributed by atoms with Crippen molar-refractivity contribution in [2.75, 3.05) is 27.2 Å². The molecule has 1 fully saturated rings. The third kappa shape index (κ3) is 4.06. The number of aliphatic hydroxyl groups excluding tert-OH is 1. The summed E-state index contributed by atoms with van der Waals surface area (Å²) in [5.41, 5.74) is 2.30. The van der Waals surface area contributed by atoms with E-state index in [4.69, 9.17) is 4.74 Å². The van der Waals surface area contributed by atoms with Crippen molar-refractivity contribution in [2.45, 2.75) is 25.5 Å². The van der Waals surface area contributed by atoms with Crippen molar-refractivity contribution in [1.82, 2.24) is 9.80 Å². The fourth-order valence-corrected chi connectivity index (χ4v) is 4.33. The lowest BCUT2D eigenvalue weighted by Crippen LogP contribution is -2.41. The maximum Gasteiger partial charge on any atom is 0.295 e. The highest BCUT2D eigenvalue weighted by Gasteiger charge is 2.48. The Hall–Kier alpha value is -3.38. The Balaban J connectivity index is 1.83. The van der Waals surface area contributed by atoms with Crippen LogP contribution in [0.15, 0.2) is 65.7 Å². The maximum atomic E-state index is 13.1. The molecule has 2 aliphatic heterocycles. The molecular weight excluding hydrogens is 404 g/mol. The Morgan fingerprint density at radius 1 is 1.06 bits per heavy atom. The molecule has 0 radical (unpaired) electrons. The molecule has 2 aromatic rings. The average molecular weight is 433 g/mol. The molecule has 1 saturated heterocycles. The van der Waals surface area contributed by atoms with Crippen LogP contribution >= 0.6 is 0 Å². The Morgan fingerprint density at radius 2 is 1.75 bits per heavy atom. The Kier molecular flexibility index (Phi) is 6.15. The number of para-hydroxylation sites is 1. The minimum absolute atomic E-state index is 0.118. The van der Waals surface area contributed by atoms with Crippen molar-refractivity contribution in [3.8, 4) is 5.75 Å². The summed E-state index contributed by atoms with van der Waals surface area (Å²) in [5, 5.41) is 11.1. The van der Waals surface area contributed by atoms with Crippen molar-refractivity contribution in [3.63, 3.8) is 0 Å². The third-order valence-electron chi connectivity index (χ3n) is 5.92. The molecule has 32 heavy (non-hydrogen) atoms. The van der Waals surface area contributed by atoms with Crippen molar-refractivity contribution in [3.05, 3.63) is 76.9 Å². The van der Waals surface area contributed by atoms with E-state index in [1.165, 1.54) is 0 Å². The number of benzene rings is 2. The summed E-state index contributed by atoms with van der Waals surface area (Å²) < 4.78 is 6.12. The normalized spacial score (nSPS) is 22.0. The third-order valence-corrected chi connectivity index (χ3v) is 5.92. The Morgan fingerprint density at radius 3 is 2.47 bits per heavy atom. The lowest BCUT2D eigenvalue weighted by Gasteiger charge is -2.33. The first kappa shape index (κ1) is 21.8. The van der Waals surface area contributed by atoms with Crippen LogP contribution in [0.5, 0.6) is 5.75 Å². The molecule has 0 saturated carbocycles. The van der Waals surface area contributed by atoms with E-state index in [-0.39, 0.29) is 17.4 Å². The number of Topliss-reactive ketones (excluding diaryl/α,β-unsaturated/α-hetero) is 1. The zero-order valence-corrected chi connectivity index (χ0v) is 18.6. The van der Waals surface area contributed by atoms with Crippen molar-refractivity contribution < 1.29 is 19.4 Å². The fraction of sp³-hybridized carbons (Fsp3) is 0.308. The van der Waals surface area contributed by atoms with Crippen molar-refractivity contribution in [2.24, 2.45) is 0 Å². The predicted octanol–water partition coefficient (Wildman–Crippen LogP) is 3.55. The number of likely N-dealkylation sites (tertiary alicyclic amines) is 1. The SMILES string of the molecule is CC1Oc2ccccc2C=C1C1/C(=C(\O)c2ccccc2)C(=O)C(=O)N1CCCN(C)C. The minimum atomic E-state index is -0.680. The highest BCUT2D eigenvalue weighted by molar-refractivity contribution is 6.47. The number of rotatable bonds is 6. The van der Waals surface area contributed by atoms with Gasteiger partial charge in [-0.15, -0.1) is 0 Å². The van der Waals surface area contributed by atoms with Gasteiger partial charge in [0.1, 0.15) is 17.6 Å². The van der Waals surface area contributed by atoms with Gasteiger partial charge in [0.15, 0.2) is 0 Å². The van der Waals surface area contributed by atoms with E-state index < -0.39 is 17.7 Å². The summed E-state index contributed by atoms with van der Waals surface area (Å²) in [5.74, 6) is -0.640. The van der Waals surface area contributed by atoms with Crippen molar-refractivity contribution in [1.29, 1.82) is 0 Å². The molecule has 2 aromatic carbocycles. The molecule has 2 unspecified atom stereocenters. The quantitative estimate of drug-likeness (QED) is 0.430. The molecule has 0 aliphatic carbocycles. The van der Waals surface area contributed by atoms with Gasteiger partial charge >= 0.3 is 0 Å². The number of ketones is 1. The predicted molar refractivity (Wildman–Crippen MR) is 124 cm³/mol. The standard InChI is InChI=1S/C26H28N2O4/c1-17-20(16-19-12-7-8-13-21(19)32-17)23-22(24(29)18-10-5-4-6-11-18)25(30)26(31)28(23)15-9-14-27(2)3/h4-8,10-13,16-17,23,29H,9,14-15H2,1-3H3/b24-22+. The highest BCUT2D eigenvalue weighted by atomic mass is 16.5. The number of nitrogens with zero attached hydrogens (tertiary/aromatic N) is 2. The Labute approximate surface area is 188 Å². The number of fused-ring (bicyclic) bond motifs is 1. The van der Waals surface area contributed by atoms with Crippen LogP contribution in [0.1, 0.15) is 24.5 Å². The van der Waals surface area contributed by atoms with Gasteiger partial charge in [0.05, 0.1) is 11.6 Å².